The van der Waals surface area contributed by atoms with E-state index in [-0.39, 0.29) is 11.9 Å². The number of carbonyl (C=O) groups excluding carboxylic acids is 1. The van der Waals surface area contributed by atoms with Gasteiger partial charge in [0.1, 0.15) is 0 Å². The molecule has 0 radical (unpaired) electrons. The summed E-state index contributed by atoms with van der Waals surface area (Å²) < 4.78 is 0. The highest BCUT2D eigenvalue weighted by Crippen LogP contribution is 2.04. The minimum Gasteiger partial charge on any atom is -0.348 e. The Balaban J connectivity index is 1.70. The Morgan fingerprint density at radius 1 is 1.17 bits per heavy atom. The summed E-state index contributed by atoms with van der Waals surface area (Å²) in [5, 5.41) is 5.77. The van der Waals surface area contributed by atoms with Crippen LogP contribution >= 0.6 is 0 Å². The maximum Gasteiger partial charge on any atom is 0.250 e. The fourth-order valence-corrected chi connectivity index (χ4v) is 2.60. The number of nitrogens with one attached hydrogen (secondary N) is 3. The van der Waals surface area contributed by atoms with Crippen molar-refractivity contribution >= 4 is 23.9 Å². The van der Waals surface area contributed by atoms with Crippen molar-refractivity contribution in [1.82, 2.24) is 25.3 Å². The lowest BCUT2D eigenvalue weighted by Crippen LogP contribution is -2.35. The van der Waals surface area contributed by atoms with Crippen LogP contribution < -0.4 is 10.6 Å². The number of carbonyl (C=O) groups is 1. The quantitative estimate of drug-likeness (QED) is 0.341. The van der Waals surface area contributed by atoms with Crippen molar-refractivity contribution in [2.75, 3.05) is 11.9 Å². The van der Waals surface area contributed by atoms with Gasteiger partial charge in [-0.1, -0.05) is 30.3 Å². The molecule has 1 aromatic carbocycles. The number of hydrogen-bond acceptors (Lipinski definition) is 5. The van der Waals surface area contributed by atoms with E-state index in [1.165, 1.54) is 6.08 Å². The van der Waals surface area contributed by atoms with Gasteiger partial charge in [-0.2, -0.15) is 0 Å². The Hall–Kier alpha value is -3.81. The first-order valence-corrected chi connectivity index (χ1v) is 9.23. The normalized spacial score (nSPS) is 11.6. The predicted molar refractivity (Wildman–Crippen MR) is 113 cm³/mol. The van der Waals surface area contributed by atoms with Gasteiger partial charge >= 0.3 is 0 Å². The van der Waals surface area contributed by atoms with Gasteiger partial charge in [0, 0.05) is 42.3 Å². The summed E-state index contributed by atoms with van der Waals surface area (Å²) >= 11 is 0. The topological polar surface area (TPSA) is 108 Å². The monoisotopic (exact) mass is 389 g/mol. The third kappa shape index (κ3) is 6.69. The van der Waals surface area contributed by atoms with Crippen molar-refractivity contribution in [2.24, 2.45) is 4.99 Å². The minimum absolute atomic E-state index is 0.289. The SMILES string of the molecule is Cc1cc(C)nc(NC(=NCCc2cnc[nH]2)NC(=O)/C=C/c2ccccc2)n1. The van der Waals surface area contributed by atoms with E-state index in [0.717, 1.165) is 22.6 Å². The van der Waals surface area contributed by atoms with Gasteiger partial charge in [-0.3, -0.25) is 20.4 Å². The van der Waals surface area contributed by atoms with Gasteiger partial charge in [0.2, 0.25) is 11.9 Å². The number of aromatic nitrogens is 4. The zero-order chi connectivity index (χ0) is 20.5. The van der Waals surface area contributed by atoms with E-state index in [1.807, 2.05) is 50.2 Å². The molecule has 0 bridgehead atoms. The van der Waals surface area contributed by atoms with Crippen LogP contribution in [-0.2, 0) is 11.2 Å². The second-order valence-corrected chi connectivity index (χ2v) is 6.39. The zero-order valence-electron chi connectivity index (χ0n) is 16.4. The number of nitrogens with zero attached hydrogens (tertiary/aromatic N) is 4. The number of aromatic amines is 1. The molecule has 0 aliphatic carbocycles. The molecule has 0 unspecified atom stereocenters. The van der Waals surface area contributed by atoms with Gasteiger partial charge in [0.25, 0.3) is 5.91 Å². The molecule has 0 saturated heterocycles. The van der Waals surface area contributed by atoms with Crippen molar-refractivity contribution in [3.8, 4) is 0 Å². The molecule has 3 rings (SSSR count). The van der Waals surface area contributed by atoms with Crippen LogP contribution in [0.5, 0.6) is 0 Å². The van der Waals surface area contributed by atoms with Crippen LogP contribution in [0.3, 0.4) is 0 Å². The van der Waals surface area contributed by atoms with Crippen molar-refractivity contribution in [1.29, 1.82) is 0 Å². The van der Waals surface area contributed by atoms with Crippen LogP contribution in [0.1, 0.15) is 22.6 Å². The van der Waals surface area contributed by atoms with Crippen LogP contribution in [-0.4, -0.2) is 38.3 Å². The smallest absolute Gasteiger partial charge is 0.250 e. The number of guanidine groups is 1. The van der Waals surface area contributed by atoms with E-state index in [9.17, 15) is 4.79 Å². The first kappa shape index (κ1) is 19.9. The lowest BCUT2D eigenvalue weighted by atomic mass is 10.2. The van der Waals surface area contributed by atoms with Crippen LogP contribution in [0.4, 0.5) is 5.95 Å². The average Bonchev–Trinajstić information content (AvgIpc) is 3.20. The lowest BCUT2D eigenvalue weighted by Gasteiger charge is -2.10. The number of rotatable bonds is 6. The second kappa shape index (κ2) is 9.93. The molecule has 0 spiro atoms. The Kier molecular flexibility index (Phi) is 6.83. The number of benzene rings is 1. The summed E-state index contributed by atoms with van der Waals surface area (Å²) in [5.74, 6) is 0.373. The van der Waals surface area contributed by atoms with Crippen molar-refractivity contribution < 1.29 is 4.79 Å². The van der Waals surface area contributed by atoms with Crippen LogP contribution in [0, 0.1) is 13.8 Å². The Morgan fingerprint density at radius 3 is 2.62 bits per heavy atom. The van der Waals surface area contributed by atoms with E-state index < -0.39 is 0 Å². The number of aryl methyl sites for hydroxylation is 2. The number of aliphatic imine (C=N–C) groups is 1. The number of hydrogen-bond donors (Lipinski definition) is 3. The molecule has 2 heterocycles. The predicted octanol–water partition coefficient (Wildman–Crippen LogP) is 2.66. The number of amides is 1. The molecular weight excluding hydrogens is 366 g/mol. The van der Waals surface area contributed by atoms with Crippen molar-refractivity contribution in [3.63, 3.8) is 0 Å². The van der Waals surface area contributed by atoms with Crippen LogP contribution in [0.15, 0.2) is 60.0 Å². The molecule has 0 aliphatic heterocycles. The molecule has 3 N–H and O–H groups in total. The van der Waals surface area contributed by atoms with Crippen LogP contribution in [0.2, 0.25) is 0 Å². The fourth-order valence-electron chi connectivity index (χ4n) is 2.60. The van der Waals surface area contributed by atoms with Crippen molar-refractivity contribution in [2.45, 2.75) is 20.3 Å². The first-order valence-electron chi connectivity index (χ1n) is 9.23. The molecule has 148 valence electrons. The molecule has 0 saturated carbocycles. The standard InChI is InChI=1S/C21H23N7O/c1-15-12-16(2)26-21(25-15)28-20(23-11-10-18-13-22-14-24-18)27-19(29)9-8-17-6-4-3-5-7-17/h3-9,12-14H,10-11H2,1-2H3,(H,22,24)(H2,23,25,26,27,28,29)/b9-8+. The molecule has 3 aromatic rings. The van der Waals surface area contributed by atoms with E-state index in [2.05, 4.69) is 35.6 Å². The van der Waals surface area contributed by atoms with Crippen molar-refractivity contribution in [3.05, 3.63) is 77.6 Å². The van der Waals surface area contributed by atoms with Gasteiger partial charge in [-0.25, -0.2) is 15.0 Å². The maximum atomic E-state index is 12.4. The molecular formula is C21H23N7O. The second-order valence-electron chi connectivity index (χ2n) is 6.39. The average molecular weight is 389 g/mol. The van der Waals surface area contributed by atoms with E-state index >= 15 is 0 Å². The Bertz CT molecular complexity index is 975. The fraction of sp³-hybridized carbons (Fsp3) is 0.190. The molecule has 1 amide bonds. The molecule has 8 nitrogen and oxygen atoms in total. The summed E-state index contributed by atoms with van der Waals surface area (Å²) in [7, 11) is 0. The Labute approximate surface area is 169 Å². The zero-order valence-corrected chi connectivity index (χ0v) is 16.4. The van der Waals surface area contributed by atoms with Gasteiger partial charge in [0.05, 0.1) is 6.33 Å². The highest BCUT2D eigenvalue weighted by molar-refractivity contribution is 6.08. The lowest BCUT2D eigenvalue weighted by molar-refractivity contribution is -0.115. The third-order valence-corrected chi connectivity index (χ3v) is 3.89. The van der Waals surface area contributed by atoms with E-state index in [4.69, 9.17) is 0 Å². The third-order valence-electron chi connectivity index (χ3n) is 3.89. The summed E-state index contributed by atoms with van der Waals surface area (Å²) in [6.45, 7) is 4.23. The summed E-state index contributed by atoms with van der Waals surface area (Å²) in [5.41, 5.74) is 3.55. The highest BCUT2D eigenvalue weighted by atomic mass is 16.1. The summed E-state index contributed by atoms with van der Waals surface area (Å²) in [6, 6.07) is 11.5. The van der Waals surface area contributed by atoms with Gasteiger partial charge < -0.3 is 4.98 Å². The number of H-pyrrole nitrogens is 1. The van der Waals surface area contributed by atoms with E-state index in [0.29, 0.717) is 18.9 Å². The summed E-state index contributed by atoms with van der Waals surface area (Å²) in [4.78, 5) is 32.5. The molecule has 0 fully saturated rings. The minimum atomic E-state index is -0.300. The number of imidazole rings is 1. The van der Waals surface area contributed by atoms with E-state index in [1.54, 1.807) is 18.6 Å². The molecule has 0 atom stereocenters. The molecule has 2 aromatic heterocycles. The molecule has 8 heteroatoms. The maximum absolute atomic E-state index is 12.4. The van der Waals surface area contributed by atoms with Gasteiger partial charge in [0.15, 0.2) is 0 Å². The van der Waals surface area contributed by atoms with Gasteiger partial charge in [-0.05, 0) is 31.6 Å². The van der Waals surface area contributed by atoms with Gasteiger partial charge in [-0.15, -0.1) is 0 Å². The molecule has 29 heavy (non-hydrogen) atoms. The first-order chi connectivity index (χ1) is 14.1. The van der Waals surface area contributed by atoms with Crippen LogP contribution in [0.25, 0.3) is 6.08 Å². The Morgan fingerprint density at radius 2 is 1.93 bits per heavy atom. The molecule has 0 aliphatic rings. The highest BCUT2D eigenvalue weighted by Gasteiger charge is 2.07. The number of anilines is 1. The largest absolute Gasteiger partial charge is 0.348 e. The summed E-state index contributed by atoms with van der Waals surface area (Å²) in [6.07, 6.45) is 7.23.